The number of hydrogen-bond acceptors (Lipinski definition) is 1. The molecule has 11 heavy (non-hydrogen) atoms. The van der Waals surface area contributed by atoms with Crippen LogP contribution in [-0.4, -0.2) is 23.9 Å². The number of carbonyl (C=O) groups is 1. The molecular weight excluding hydrogens is 138 g/mol. The molecule has 1 aliphatic heterocycles. The number of nitrogens with zero attached hydrogens (tertiary/aromatic N) is 1. The Kier molecular flexibility index (Phi) is 2.69. The van der Waals surface area contributed by atoms with Gasteiger partial charge in [0.05, 0.1) is 0 Å². The minimum absolute atomic E-state index is 0.213. The summed E-state index contributed by atoms with van der Waals surface area (Å²) in [5.74, 6) is 0.213. The summed E-state index contributed by atoms with van der Waals surface area (Å²) in [6.07, 6.45) is 4.21. The van der Waals surface area contributed by atoms with E-state index in [4.69, 9.17) is 0 Å². The number of likely N-dealkylation sites (tertiary alicyclic amines) is 1. The molecule has 2 nitrogen and oxygen atoms in total. The van der Waals surface area contributed by atoms with E-state index in [1.165, 1.54) is 12.8 Å². The van der Waals surface area contributed by atoms with E-state index >= 15 is 0 Å². The Bertz CT molecular complexity index is 178. The summed E-state index contributed by atoms with van der Waals surface area (Å²) in [5, 5.41) is 0. The van der Waals surface area contributed by atoms with Gasteiger partial charge in [0.2, 0.25) is 5.91 Å². The van der Waals surface area contributed by atoms with Gasteiger partial charge in [-0.3, -0.25) is 4.79 Å². The molecule has 62 valence electrons. The molecule has 0 radical (unpaired) electrons. The van der Waals surface area contributed by atoms with Crippen molar-refractivity contribution in [1.29, 1.82) is 0 Å². The van der Waals surface area contributed by atoms with Gasteiger partial charge in [0.15, 0.2) is 0 Å². The SMILES string of the molecule is CC=C(C)C(=O)N1CCCC1. The van der Waals surface area contributed by atoms with Crippen LogP contribution < -0.4 is 0 Å². The summed E-state index contributed by atoms with van der Waals surface area (Å²) < 4.78 is 0. The van der Waals surface area contributed by atoms with Crippen molar-refractivity contribution in [3.8, 4) is 0 Å². The van der Waals surface area contributed by atoms with Crippen molar-refractivity contribution in [1.82, 2.24) is 4.90 Å². The van der Waals surface area contributed by atoms with E-state index in [2.05, 4.69) is 0 Å². The molecule has 0 aromatic carbocycles. The Balaban J connectivity index is 2.53. The molecule has 0 atom stereocenters. The average Bonchev–Trinajstić information content (AvgIpc) is 2.53. The molecule has 1 fully saturated rings. The Morgan fingerprint density at radius 3 is 2.36 bits per heavy atom. The lowest BCUT2D eigenvalue weighted by Gasteiger charge is -2.14. The van der Waals surface area contributed by atoms with Crippen molar-refractivity contribution in [3.05, 3.63) is 11.6 Å². The number of rotatable bonds is 1. The van der Waals surface area contributed by atoms with E-state index in [0.29, 0.717) is 0 Å². The van der Waals surface area contributed by atoms with Crippen LogP contribution in [0.25, 0.3) is 0 Å². The van der Waals surface area contributed by atoms with E-state index in [1.807, 2.05) is 24.8 Å². The molecule has 1 saturated heterocycles. The summed E-state index contributed by atoms with van der Waals surface area (Å²) in [6.45, 7) is 5.68. The van der Waals surface area contributed by atoms with E-state index in [9.17, 15) is 4.79 Å². The second-order valence-electron chi connectivity index (χ2n) is 2.97. The van der Waals surface area contributed by atoms with Crippen molar-refractivity contribution in [2.75, 3.05) is 13.1 Å². The van der Waals surface area contributed by atoms with Gasteiger partial charge in [-0.15, -0.1) is 0 Å². The van der Waals surface area contributed by atoms with E-state index in [0.717, 1.165) is 18.7 Å². The predicted molar refractivity (Wildman–Crippen MR) is 45.2 cm³/mol. The minimum atomic E-state index is 0.213. The standard InChI is InChI=1S/C9H15NO/c1-3-8(2)9(11)10-6-4-5-7-10/h3H,4-7H2,1-2H3. The van der Waals surface area contributed by atoms with Crippen molar-refractivity contribution in [3.63, 3.8) is 0 Å². The molecule has 0 saturated carbocycles. The average molecular weight is 153 g/mol. The number of amides is 1. The molecule has 1 amide bonds. The highest BCUT2D eigenvalue weighted by Crippen LogP contribution is 2.10. The van der Waals surface area contributed by atoms with Crippen LogP contribution in [0.5, 0.6) is 0 Å². The molecule has 2 heteroatoms. The van der Waals surface area contributed by atoms with Crippen LogP contribution in [0.15, 0.2) is 11.6 Å². The zero-order valence-electron chi connectivity index (χ0n) is 7.26. The fourth-order valence-corrected chi connectivity index (χ4v) is 1.29. The van der Waals surface area contributed by atoms with Gasteiger partial charge < -0.3 is 4.90 Å². The first-order chi connectivity index (χ1) is 5.25. The summed E-state index contributed by atoms with van der Waals surface area (Å²) in [6, 6.07) is 0. The van der Waals surface area contributed by atoms with Crippen LogP contribution in [0.4, 0.5) is 0 Å². The first-order valence-electron chi connectivity index (χ1n) is 4.18. The second-order valence-corrected chi connectivity index (χ2v) is 2.97. The first kappa shape index (κ1) is 8.31. The summed E-state index contributed by atoms with van der Waals surface area (Å²) >= 11 is 0. The molecule has 0 bridgehead atoms. The fraction of sp³-hybridized carbons (Fsp3) is 0.667. The molecule has 1 heterocycles. The molecule has 0 spiro atoms. The molecule has 1 aliphatic rings. The largest absolute Gasteiger partial charge is 0.339 e. The normalized spacial score (nSPS) is 19.1. The third-order valence-electron chi connectivity index (χ3n) is 2.16. The predicted octanol–water partition coefficient (Wildman–Crippen LogP) is 1.58. The van der Waals surface area contributed by atoms with Crippen LogP contribution in [0, 0.1) is 0 Å². The molecule has 0 unspecified atom stereocenters. The zero-order chi connectivity index (χ0) is 8.27. The maximum Gasteiger partial charge on any atom is 0.249 e. The monoisotopic (exact) mass is 153 g/mol. The van der Waals surface area contributed by atoms with Gasteiger partial charge in [-0.2, -0.15) is 0 Å². The van der Waals surface area contributed by atoms with E-state index in [1.54, 1.807) is 0 Å². The van der Waals surface area contributed by atoms with Gasteiger partial charge in [-0.05, 0) is 26.7 Å². The van der Waals surface area contributed by atoms with Crippen molar-refractivity contribution in [2.24, 2.45) is 0 Å². The topological polar surface area (TPSA) is 20.3 Å². The maximum absolute atomic E-state index is 11.4. The van der Waals surface area contributed by atoms with Gasteiger partial charge in [0.1, 0.15) is 0 Å². The summed E-state index contributed by atoms with van der Waals surface area (Å²) in [4.78, 5) is 13.4. The lowest BCUT2D eigenvalue weighted by molar-refractivity contribution is -0.126. The van der Waals surface area contributed by atoms with Crippen LogP contribution >= 0.6 is 0 Å². The Hall–Kier alpha value is -0.790. The minimum Gasteiger partial charge on any atom is -0.339 e. The Labute approximate surface area is 67.9 Å². The third-order valence-corrected chi connectivity index (χ3v) is 2.16. The van der Waals surface area contributed by atoms with E-state index in [-0.39, 0.29) is 5.91 Å². The lowest BCUT2D eigenvalue weighted by Crippen LogP contribution is -2.28. The lowest BCUT2D eigenvalue weighted by atomic mass is 10.2. The van der Waals surface area contributed by atoms with Crippen molar-refractivity contribution < 1.29 is 4.79 Å². The number of hydrogen-bond donors (Lipinski definition) is 0. The highest BCUT2D eigenvalue weighted by Gasteiger charge is 2.17. The van der Waals surface area contributed by atoms with Crippen molar-refractivity contribution in [2.45, 2.75) is 26.7 Å². The van der Waals surface area contributed by atoms with Crippen LogP contribution in [-0.2, 0) is 4.79 Å². The Morgan fingerprint density at radius 2 is 1.91 bits per heavy atom. The molecular formula is C9H15NO. The molecule has 1 rings (SSSR count). The zero-order valence-corrected chi connectivity index (χ0v) is 7.26. The second kappa shape index (κ2) is 3.56. The first-order valence-corrected chi connectivity index (χ1v) is 4.18. The fourth-order valence-electron chi connectivity index (χ4n) is 1.29. The smallest absolute Gasteiger partial charge is 0.249 e. The van der Waals surface area contributed by atoms with Gasteiger partial charge in [0.25, 0.3) is 0 Å². The number of allylic oxidation sites excluding steroid dienone is 1. The van der Waals surface area contributed by atoms with Gasteiger partial charge >= 0.3 is 0 Å². The van der Waals surface area contributed by atoms with Crippen LogP contribution in [0.2, 0.25) is 0 Å². The highest BCUT2D eigenvalue weighted by molar-refractivity contribution is 5.92. The summed E-state index contributed by atoms with van der Waals surface area (Å²) in [7, 11) is 0. The maximum atomic E-state index is 11.4. The van der Waals surface area contributed by atoms with E-state index < -0.39 is 0 Å². The molecule has 0 aromatic rings. The Morgan fingerprint density at radius 1 is 1.36 bits per heavy atom. The van der Waals surface area contributed by atoms with Gasteiger partial charge in [-0.1, -0.05) is 6.08 Å². The van der Waals surface area contributed by atoms with Gasteiger partial charge in [-0.25, -0.2) is 0 Å². The van der Waals surface area contributed by atoms with Gasteiger partial charge in [0, 0.05) is 18.7 Å². The van der Waals surface area contributed by atoms with Crippen molar-refractivity contribution >= 4 is 5.91 Å². The highest BCUT2D eigenvalue weighted by atomic mass is 16.2. The summed E-state index contributed by atoms with van der Waals surface area (Å²) in [5.41, 5.74) is 0.868. The molecule has 0 N–H and O–H groups in total. The van der Waals surface area contributed by atoms with Crippen LogP contribution in [0.3, 0.4) is 0 Å². The quantitative estimate of drug-likeness (QED) is 0.524. The third kappa shape index (κ3) is 1.82. The number of carbonyl (C=O) groups excluding carboxylic acids is 1. The van der Waals surface area contributed by atoms with Crippen LogP contribution in [0.1, 0.15) is 26.7 Å². The molecule has 0 aliphatic carbocycles. The molecule has 0 aromatic heterocycles.